The van der Waals surface area contributed by atoms with Gasteiger partial charge in [0, 0.05) is 45.3 Å². The van der Waals surface area contributed by atoms with Gasteiger partial charge in [-0.15, -0.1) is 0 Å². The molecule has 0 bridgehead atoms. The van der Waals surface area contributed by atoms with Crippen molar-refractivity contribution in [2.24, 2.45) is 0 Å². The van der Waals surface area contributed by atoms with Crippen molar-refractivity contribution < 1.29 is 13.6 Å². The first-order chi connectivity index (χ1) is 9.61. The second-order valence-electron chi connectivity index (χ2n) is 5.36. The van der Waals surface area contributed by atoms with Crippen LogP contribution in [-0.4, -0.2) is 54.5 Å². The molecule has 2 heterocycles. The van der Waals surface area contributed by atoms with Gasteiger partial charge in [-0.05, 0) is 17.7 Å². The van der Waals surface area contributed by atoms with E-state index in [9.17, 15) is 13.6 Å². The van der Waals surface area contributed by atoms with Gasteiger partial charge in [0.25, 0.3) is 0 Å². The molecule has 1 aromatic carbocycles. The maximum Gasteiger partial charge on any atom is 0.238 e. The molecule has 108 valence electrons. The molecule has 1 amide bonds. The number of hydrogen-bond acceptors (Lipinski definition) is 3. The van der Waals surface area contributed by atoms with Crippen LogP contribution in [0.3, 0.4) is 0 Å². The van der Waals surface area contributed by atoms with Crippen LogP contribution in [0.1, 0.15) is 5.56 Å². The third kappa shape index (κ3) is 2.81. The van der Waals surface area contributed by atoms with Crippen molar-refractivity contribution >= 4 is 5.91 Å². The van der Waals surface area contributed by atoms with E-state index < -0.39 is 11.6 Å². The maximum absolute atomic E-state index is 13.2. The molecule has 3 rings (SSSR count). The highest BCUT2D eigenvalue weighted by molar-refractivity contribution is 5.82. The first kappa shape index (κ1) is 13.5. The lowest BCUT2D eigenvalue weighted by Crippen LogP contribution is -2.63. The van der Waals surface area contributed by atoms with Crippen molar-refractivity contribution in [1.82, 2.24) is 15.1 Å². The second-order valence-corrected chi connectivity index (χ2v) is 5.36. The number of amides is 1. The standard InChI is InChI=1S/C14H17F2N3O/c15-11-5-10(6-12(16)7-11)8-18-3-4-19-2-1-17-14(20)13(19)9-18/h5-7,13H,1-4,8-9H2,(H,17,20). The number of carbonyl (C=O) groups is 1. The monoisotopic (exact) mass is 281 g/mol. The van der Waals surface area contributed by atoms with Crippen LogP contribution in [0.15, 0.2) is 18.2 Å². The van der Waals surface area contributed by atoms with Crippen molar-refractivity contribution in [3.63, 3.8) is 0 Å². The molecule has 2 aliphatic rings. The van der Waals surface area contributed by atoms with Crippen LogP contribution in [0.4, 0.5) is 8.78 Å². The summed E-state index contributed by atoms with van der Waals surface area (Å²) in [5.41, 5.74) is 0.604. The molecule has 0 aliphatic carbocycles. The normalized spacial score (nSPS) is 24.3. The summed E-state index contributed by atoms with van der Waals surface area (Å²) in [6, 6.07) is 3.42. The Morgan fingerprint density at radius 3 is 2.65 bits per heavy atom. The van der Waals surface area contributed by atoms with E-state index in [1.807, 2.05) is 0 Å². The van der Waals surface area contributed by atoms with Crippen molar-refractivity contribution in [3.05, 3.63) is 35.4 Å². The number of carbonyl (C=O) groups excluding carboxylic acids is 1. The van der Waals surface area contributed by atoms with E-state index in [1.54, 1.807) is 0 Å². The first-order valence-electron chi connectivity index (χ1n) is 6.81. The summed E-state index contributed by atoms with van der Waals surface area (Å²) in [4.78, 5) is 16.1. The Kier molecular flexibility index (Phi) is 3.67. The highest BCUT2D eigenvalue weighted by Crippen LogP contribution is 2.16. The van der Waals surface area contributed by atoms with Crippen LogP contribution in [-0.2, 0) is 11.3 Å². The summed E-state index contributed by atoms with van der Waals surface area (Å²) in [6.07, 6.45) is 0. The minimum Gasteiger partial charge on any atom is -0.353 e. The fourth-order valence-electron chi connectivity index (χ4n) is 2.94. The van der Waals surface area contributed by atoms with Gasteiger partial charge in [0.2, 0.25) is 5.91 Å². The molecule has 0 radical (unpaired) electrons. The number of piperazine rings is 2. The Hall–Kier alpha value is -1.53. The van der Waals surface area contributed by atoms with Gasteiger partial charge in [0.05, 0.1) is 0 Å². The molecule has 1 unspecified atom stereocenters. The molecule has 1 N–H and O–H groups in total. The first-order valence-corrected chi connectivity index (χ1v) is 6.81. The largest absolute Gasteiger partial charge is 0.353 e. The number of nitrogens with one attached hydrogen (secondary N) is 1. The number of nitrogens with zero attached hydrogens (tertiary/aromatic N) is 2. The minimum atomic E-state index is -0.561. The van der Waals surface area contributed by atoms with E-state index in [-0.39, 0.29) is 11.9 Å². The second kappa shape index (κ2) is 5.46. The third-order valence-electron chi connectivity index (χ3n) is 3.90. The molecule has 2 fully saturated rings. The highest BCUT2D eigenvalue weighted by atomic mass is 19.1. The molecule has 1 atom stereocenters. The molecule has 20 heavy (non-hydrogen) atoms. The van der Waals surface area contributed by atoms with Crippen LogP contribution >= 0.6 is 0 Å². The zero-order chi connectivity index (χ0) is 14.1. The van der Waals surface area contributed by atoms with E-state index in [0.29, 0.717) is 25.2 Å². The van der Waals surface area contributed by atoms with Gasteiger partial charge < -0.3 is 5.32 Å². The Labute approximate surface area is 116 Å². The van der Waals surface area contributed by atoms with E-state index >= 15 is 0 Å². The summed E-state index contributed by atoms with van der Waals surface area (Å²) >= 11 is 0. The van der Waals surface area contributed by atoms with Crippen LogP contribution < -0.4 is 5.32 Å². The lowest BCUT2D eigenvalue weighted by molar-refractivity contribution is -0.131. The number of halogens is 2. The van der Waals surface area contributed by atoms with Gasteiger partial charge in [-0.2, -0.15) is 0 Å². The van der Waals surface area contributed by atoms with Crippen molar-refractivity contribution in [1.29, 1.82) is 0 Å². The Bertz CT molecular complexity index is 503. The molecule has 0 spiro atoms. The number of hydrogen-bond donors (Lipinski definition) is 1. The Morgan fingerprint density at radius 1 is 1.15 bits per heavy atom. The zero-order valence-corrected chi connectivity index (χ0v) is 11.1. The summed E-state index contributed by atoms with van der Waals surface area (Å²) in [6.45, 7) is 4.26. The molecule has 1 aromatic rings. The SMILES string of the molecule is O=C1NCCN2CCN(Cc3cc(F)cc(F)c3)CC12. The van der Waals surface area contributed by atoms with Crippen LogP contribution in [0.25, 0.3) is 0 Å². The van der Waals surface area contributed by atoms with Gasteiger partial charge in [0.1, 0.15) is 17.7 Å². The zero-order valence-electron chi connectivity index (χ0n) is 11.1. The lowest BCUT2D eigenvalue weighted by Gasteiger charge is -2.43. The quantitative estimate of drug-likeness (QED) is 0.861. The maximum atomic E-state index is 13.2. The smallest absolute Gasteiger partial charge is 0.238 e. The van der Waals surface area contributed by atoms with Gasteiger partial charge in [-0.25, -0.2) is 8.78 Å². The topological polar surface area (TPSA) is 35.6 Å². The highest BCUT2D eigenvalue weighted by Gasteiger charge is 2.34. The molecule has 2 saturated heterocycles. The van der Waals surface area contributed by atoms with Gasteiger partial charge >= 0.3 is 0 Å². The summed E-state index contributed by atoms with van der Waals surface area (Å²) in [5.74, 6) is -1.07. The summed E-state index contributed by atoms with van der Waals surface area (Å²) < 4.78 is 26.4. The van der Waals surface area contributed by atoms with E-state index in [1.165, 1.54) is 12.1 Å². The predicted molar refractivity (Wildman–Crippen MR) is 70.0 cm³/mol. The van der Waals surface area contributed by atoms with E-state index in [4.69, 9.17) is 0 Å². The lowest BCUT2D eigenvalue weighted by atomic mass is 10.1. The molecular weight excluding hydrogens is 264 g/mol. The Morgan fingerprint density at radius 2 is 1.90 bits per heavy atom. The average molecular weight is 281 g/mol. The fourth-order valence-corrected chi connectivity index (χ4v) is 2.94. The van der Waals surface area contributed by atoms with Crippen LogP contribution in [0, 0.1) is 11.6 Å². The minimum absolute atomic E-state index is 0.0476. The average Bonchev–Trinajstić information content (AvgIpc) is 2.38. The van der Waals surface area contributed by atoms with Gasteiger partial charge in [-0.3, -0.25) is 14.6 Å². The Balaban J connectivity index is 1.68. The molecule has 0 aromatic heterocycles. The predicted octanol–water partition coefficient (Wildman–Crippen LogP) is 0.581. The van der Waals surface area contributed by atoms with Gasteiger partial charge in [-0.1, -0.05) is 0 Å². The summed E-state index contributed by atoms with van der Waals surface area (Å²) in [7, 11) is 0. The van der Waals surface area contributed by atoms with Crippen molar-refractivity contribution in [3.8, 4) is 0 Å². The van der Waals surface area contributed by atoms with Crippen LogP contribution in [0.2, 0.25) is 0 Å². The van der Waals surface area contributed by atoms with Gasteiger partial charge in [0.15, 0.2) is 0 Å². The number of benzene rings is 1. The molecule has 4 nitrogen and oxygen atoms in total. The van der Waals surface area contributed by atoms with Crippen molar-refractivity contribution in [2.45, 2.75) is 12.6 Å². The fraction of sp³-hybridized carbons (Fsp3) is 0.500. The summed E-state index contributed by atoms with van der Waals surface area (Å²) in [5, 5.41) is 2.86. The molecule has 0 saturated carbocycles. The number of rotatable bonds is 2. The van der Waals surface area contributed by atoms with E-state index in [2.05, 4.69) is 15.1 Å². The van der Waals surface area contributed by atoms with E-state index in [0.717, 1.165) is 25.7 Å². The van der Waals surface area contributed by atoms with Crippen molar-refractivity contribution in [2.75, 3.05) is 32.7 Å². The third-order valence-corrected chi connectivity index (χ3v) is 3.90. The molecule has 2 aliphatic heterocycles. The van der Waals surface area contributed by atoms with Crippen LogP contribution in [0.5, 0.6) is 0 Å². The molecular formula is C14H17F2N3O. The molecule has 6 heteroatoms. The number of fused-ring (bicyclic) bond motifs is 1.